The lowest BCUT2D eigenvalue weighted by Gasteiger charge is -2.17. The van der Waals surface area contributed by atoms with Crippen LogP contribution in [0.15, 0.2) is 18.3 Å². The number of amides is 3. The lowest BCUT2D eigenvalue weighted by atomic mass is 10.2. The summed E-state index contributed by atoms with van der Waals surface area (Å²) in [6.07, 6.45) is 3.68. The van der Waals surface area contributed by atoms with Crippen LogP contribution in [0.25, 0.3) is 0 Å². The van der Waals surface area contributed by atoms with Gasteiger partial charge in [-0.25, -0.2) is 9.78 Å². The molecule has 0 spiro atoms. The molecular formula is C15H22N4O3. The number of aromatic nitrogens is 1. The van der Waals surface area contributed by atoms with Gasteiger partial charge in [0.15, 0.2) is 0 Å². The van der Waals surface area contributed by atoms with Crippen molar-refractivity contribution in [2.24, 2.45) is 0 Å². The molecule has 1 aliphatic heterocycles. The Morgan fingerprint density at radius 3 is 3.09 bits per heavy atom. The van der Waals surface area contributed by atoms with E-state index in [9.17, 15) is 9.59 Å². The van der Waals surface area contributed by atoms with Gasteiger partial charge in [-0.1, -0.05) is 19.4 Å². The van der Waals surface area contributed by atoms with Crippen molar-refractivity contribution in [2.45, 2.75) is 32.4 Å². The van der Waals surface area contributed by atoms with Gasteiger partial charge in [0.25, 0.3) is 0 Å². The quantitative estimate of drug-likeness (QED) is 0.733. The van der Waals surface area contributed by atoms with Crippen LogP contribution in [-0.4, -0.2) is 48.1 Å². The first-order valence-corrected chi connectivity index (χ1v) is 7.48. The number of urea groups is 1. The maximum atomic E-state index is 12.1. The highest BCUT2D eigenvalue weighted by molar-refractivity contribution is 5.90. The van der Waals surface area contributed by atoms with Crippen LogP contribution in [0.4, 0.5) is 4.79 Å². The standard InChI is InChI=1S/C15H22N4O3/c1-3-4-8-22-14-11(6-5-7-16-14)9-17-13(20)12-10-18-15(21)19(12)2/h5-7,12H,3-4,8-10H2,1-2H3,(H,17,20)(H,18,21). The normalized spacial score (nSPS) is 17.3. The molecule has 0 bridgehead atoms. The van der Waals surface area contributed by atoms with Gasteiger partial charge in [0, 0.05) is 31.9 Å². The van der Waals surface area contributed by atoms with Gasteiger partial charge >= 0.3 is 6.03 Å². The summed E-state index contributed by atoms with van der Waals surface area (Å²) in [4.78, 5) is 29.1. The fourth-order valence-corrected chi connectivity index (χ4v) is 2.16. The van der Waals surface area contributed by atoms with E-state index >= 15 is 0 Å². The van der Waals surface area contributed by atoms with Crippen LogP contribution in [0.2, 0.25) is 0 Å². The Labute approximate surface area is 130 Å². The molecule has 0 aromatic carbocycles. The molecule has 1 aromatic heterocycles. The zero-order chi connectivity index (χ0) is 15.9. The van der Waals surface area contributed by atoms with Gasteiger partial charge in [0.1, 0.15) is 6.04 Å². The van der Waals surface area contributed by atoms with E-state index in [-0.39, 0.29) is 11.9 Å². The van der Waals surface area contributed by atoms with E-state index in [1.54, 1.807) is 19.3 Å². The third-order valence-corrected chi connectivity index (χ3v) is 3.58. The number of nitrogens with zero attached hydrogens (tertiary/aromatic N) is 2. The first-order valence-electron chi connectivity index (χ1n) is 7.48. The summed E-state index contributed by atoms with van der Waals surface area (Å²) in [7, 11) is 1.61. The Kier molecular flexibility index (Phi) is 5.57. The van der Waals surface area contributed by atoms with Gasteiger partial charge in [-0.2, -0.15) is 0 Å². The minimum atomic E-state index is -0.478. The largest absolute Gasteiger partial charge is 0.477 e. The van der Waals surface area contributed by atoms with Crippen molar-refractivity contribution >= 4 is 11.9 Å². The maximum absolute atomic E-state index is 12.1. The van der Waals surface area contributed by atoms with E-state index < -0.39 is 6.04 Å². The van der Waals surface area contributed by atoms with E-state index in [0.717, 1.165) is 18.4 Å². The predicted molar refractivity (Wildman–Crippen MR) is 81.4 cm³/mol. The van der Waals surface area contributed by atoms with Crippen molar-refractivity contribution in [1.82, 2.24) is 20.5 Å². The summed E-state index contributed by atoms with van der Waals surface area (Å²) in [5.41, 5.74) is 0.826. The van der Waals surface area contributed by atoms with E-state index in [1.165, 1.54) is 4.90 Å². The Morgan fingerprint density at radius 1 is 1.59 bits per heavy atom. The molecule has 120 valence electrons. The third-order valence-electron chi connectivity index (χ3n) is 3.58. The van der Waals surface area contributed by atoms with Crippen molar-refractivity contribution in [3.05, 3.63) is 23.9 Å². The minimum absolute atomic E-state index is 0.191. The summed E-state index contributed by atoms with van der Waals surface area (Å²) in [6.45, 7) is 3.36. The lowest BCUT2D eigenvalue weighted by Crippen LogP contribution is -2.43. The molecule has 1 unspecified atom stereocenters. The van der Waals surface area contributed by atoms with Gasteiger partial charge in [0.05, 0.1) is 6.61 Å². The van der Waals surface area contributed by atoms with E-state index in [4.69, 9.17) is 4.74 Å². The SMILES string of the molecule is CCCCOc1ncccc1CNC(=O)C1CNC(=O)N1C. The fraction of sp³-hybridized carbons (Fsp3) is 0.533. The molecule has 3 amide bonds. The van der Waals surface area contributed by atoms with Crippen LogP contribution in [0.1, 0.15) is 25.3 Å². The molecule has 0 radical (unpaired) electrons. The number of nitrogens with one attached hydrogen (secondary N) is 2. The Hall–Kier alpha value is -2.31. The second-order valence-electron chi connectivity index (χ2n) is 5.20. The highest BCUT2D eigenvalue weighted by atomic mass is 16.5. The predicted octanol–water partition coefficient (Wildman–Crippen LogP) is 0.900. The van der Waals surface area contributed by atoms with Crippen LogP contribution in [0, 0.1) is 0 Å². The van der Waals surface area contributed by atoms with Gasteiger partial charge in [-0.05, 0) is 12.5 Å². The molecule has 1 aliphatic rings. The second-order valence-corrected chi connectivity index (χ2v) is 5.20. The van der Waals surface area contributed by atoms with Gasteiger partial charge in [-0.15, -0.1) is 0 Å². The van der Waals surface area contributed by atoms with Crippen LogP contribution >= 0.6 is 0 Å². The Bertz CT molecular complexity index is 535. The van der Waals surface area contributed by atoms with Crippen LogP contribution < -0.4 is 15.4 Å². The highest BCUT2D eigenvalue weighted by Gasteiger charge is 2.32. The first kappa shape index (κ1) is 16.1. The average Bonchev–Trinajstić information content (AvgIpc) is 2.86. The van der Waals surface area contributed by atoms with Crippen molar-refractivity contribution in [3.8, 4) is 5.88 Å². The van der Waals surface area contributed by atoms with E-state index in [2.05, 4.69) is 22.5 Å². The number of unbranched alkanes of at least 4 members (excludes halogenated alkanes) is 1. The number of pyridine rings is 1. The first-order chi connectivity index (χ1) is 10.6. The fourth-order valence-electron chi connectivity index (χ4n) is 2.16. The van der Waals surface area contributed by atoms with Gasteiger partial charge < -0.3 is 20.3 Å². The third kappa shape index (κ3) is 3.87. The Morgan fingerprint density at radius 2 is 2.41 bits per heavy atom. The van der Waals surface area contributed by atoms with E-state index in [1.807, 2.05) is 6.07 Å². The molecule has 1 atom stereocenters. The van der Waals surface area contributed by atoms with Crippen LogP contribution in [0.3, 0.4) is 0 Å². The summed E-state index contributed by atoms with van der Waals surface area (Å²) < 4.78 is 5.63. The number of carbonyl (C=O) groups excluding carboxylic acids is 2. The molecule has 22 heavy (non-hydrogen) atoms. The van der Waals surface area contributed by atoms with Crippen molar-refractivity contribution in [3.63, 3.8) is 0 Å². The lowest BCUT2D eigenvalue weighted by molar-refractivity contribution is -0.124. The monoisotopic (exact) mass is 306 g/mol. The zero-order valence-corrected chi connectivity index (χ0v) is 13.0. The number of hydrogen-bond donors (Lipinski definition) is 2. The molecular weight excluding hydrogens is 284 g/mol. The molecule has 7 heteroatoms. The van der Waals surface area contributed by atoms with Gasteiger partial charge in [0.2, 0.25) is 11.8 Å². The average molecular weight is 306 g/mol. The van der Waals surface area contributed by atoms with Crippen LogP contribution in [0.5, 0.6) is 5.88 Å². The van der Waals surface area contributed by atoms with Crippen molar-refractivity contribution in [1.29, 1.82) is 0 Å². The summed E-state index contributed by atoms with van der Waals surface area (Å²) in [5, 5.41) is 5.46. The molecule has 2 heterocycles. The van der Waals surface area contributed by atoms with Crippen molar-refractivity contribution < 1.29 is 14.3 Å². The number of rotatable bonds is 7. The molecule has 0 aliphatic carbocycles. The molecule has 1 aromatic rings. The molecule has 2 rings (SSSR count). The van der Waals surface area contributed by atoms with E-state index in [0.29, 0.717) is 25.6 Å². The van der Waals surface area contributed by atoms with Crippen molar-refractivity contribution in [2.75, 3.05) is 20.2 Å². The van der Waals surface area contributed by atoms with Crippen LogP contribution in [-0.2, 0) is 11.3 Å². The molecule has 1 fully saturated rings. The summed E-state index contributed by atoms with van der Waals surface area (Å²) in [6, 6.07) is 2.97. The summed E-state index contributed by atoms with van der Waals surface area (Å²) in [5.74, 6) is 0.356. The van der Waals surface area contributed by atoms with Gasteiger partial charge in [-0.3, -0.25) is 4.79 Å². The second kappa shape index (κ2) is 7.63. The molecule has 2 N–H and O–H groups in total. The smallest absolute Gasteiger partial charge is 0.317 e. The maximum Gasteiger partial charge on any atom is 0.317 e. The number of ether oxygens (including phenoxy) is 1. The number of likely N-dealkylation sites (N-methyl/N-ethyl adjacent to an activating group) is 1. The Balaban J connectivity index is 1.91. The topological polar surface area (TPSA) is 83.6 Å². The summed E-state index contributed by atoms with van der Waals surface area (Å²) >= 11 is 0. The number of hydrogen-bond acceptors (Lipinski definition) is 4. The minimum Gasteiger partial charge on any atom is -0.477 e. The highest BCUT2D eigenvalue weighted by Crippen LogP contribution is 2.15. The zero-order valence-electron chi connectivity index (χ0n) is 13.0. The number of carbonyl (C=O) groups is 2. The molecule has 0 saturated carbocycles. The molecule has 7 nitrogen and oxygen atoms in total. The molecule has 1 saturated heterocycles.